The number of benzene rings is 1. The second-order valence-corrected chi connectivity index (χ2v) is 14.3. The Morgan fingerprint density at radius 3 is 2.50 bits per heavy atom. The van der Waals surface area contributed by atoms with Crippen molar-refractivity contribution in [2.75, 3.05) is 43.8 Å². The molecule has 1 aromatic carbocycles. The highest BCUT2D eigenvalue weighted by molar-refractivity contribution is 7.89. The van der Waals surface area contributed by atoms with Gasteiger partial charge in [-0.1, -0.05) is 39.8 Å². The topological polar surface area (TPSA) is 69.7 Å². The average Bonchev–Trinajstić information content (AvgIpc) is 2.74. The highest BCUT2D eigenvalue weighted by Gasteiger charge is 2.47. The summed E-state index contributed by atoms with van der Waals surface area (Å²) in [6.45, 7) is 11.7. The van der Waals surface area contributed by atoms with Crippen LogP contribution in [0.2, 0.25) is 0 Å². The molecule has 1 spiro atoms. The van der Waals surface area contributed by atoms with Crippen LogP contribution < -0.4 is 5.32 Å². The molecular weight excluding hydrogens is 446 g/mol. The van der Waals surface area contributed by atoms with Crippen molar-refractivity contribution in [3.8, 4) is 0 Å². The van der Waals surface area contributed by atoms with Crippen molar-refractivity contribution in [2.45, 2.75) is 72.6 Å². The van der Waals surface area contributed by atoms with Gasteiger partial charge in [-0.3, -0.25) is 9.69 Å². The number of hydrogen-bond donors (Lipinski definition) is 1. The van der Waals surface area contributed by atoms with E-state index in [-0.39, 0.29) is 28.4 Å². The molecule has 0 bridgehead atoms. The summed E-state index contributed by atoms with van der Waals surface area (Å²) in [5, 5.41) is 3.18. The highest BCUT2D eigenvalue weighted by Crippen LogP contribution is 2.47. The van der Waals surface area contributed by atoms with Crippen molar-refractivity contribution in [3.05, 3.63) is 29.3 Å². The summed E-state index contributed by atoms with van der Waals surface area (Å²) in [4.78, 5) is 15.1. The van der Waals surface area contributed by atoms with Gasteiger partial charge in [0.2, 0.25) is 15.9 Å². The van der Waals surface area contributed by atoms with Crippen LogP contribution in [-0.2, 0) is 27.7 Å². The largest absolute Gasteiger partial charge is 0.325 e. The Labute approximate surface area is 206 Å². The fourth-order valence-corrected chi connectivity index (χ4v) is 8.64. The third-order valence-electron chi connectivity index (χ3n) is 7.86. The van der Waals surface area contributed by atoms with Crippen molar-refractivity contribution in [1.29, 1.82) is 0 Å². The molecule has 3 aliphatic rings. The van der Waals surface area contributed by atoms with Crippen LogP contribution in [0.4, 0.5) is 5.69 Å². The summed E-state index contributed by atoms with van der Waals surface area (Å²) in [6, 6.07) is 6.27. The zero-order valence-electron chi connectivity index (χ0n) is 21.5. The van der Waals surface area contributed by atoms with E-state index >= 15 is 0 Å². The Morgan fingerprint density at radius 2 is 1.79 bits per heavy atom. The quantitative estimate of drug-likeness (QED) is 0.647. The minimum absolute atomic E-state index is 0.0112. The van der Waals surface area contributed by atoms with Gasteiger partial charge in [0.05, 0.1) is 12.3 Å². The lowest BCUT2D eigenvalue weighted by atomic mass is 9.65. The minimum atomic E-state index is -3.25. The van der Waals surface area contributed by atoms with Gasteiger partial charge in [0, 0.05) is 18.8 Å². The van der Waals surface area contributed by atoms with E-state index in [9.17, 15) is 13.2 Å². The van der Waals surface area contributed by atoms with Crippen molar-refractivity contribution in [1.82, 2.24) is 9.21 Å². The van der Waals surface area contributed by atoms with E-state index in [0.717, 1.165) is 50.9 Å². The average molecular weight is 490 g/mol. The second kappa shape index (κ2) is 9.90. The van der Waals surface area contributed by atoms with Crippen LogP contribution in [0.25, 0.3) is 0 Å². The zero-order valence-corrected chi connectivity index (χ0v) is 22.3. The lowest BCUT2D eigenvalue weighted by Crippen LogP contribution is -2.56. The maximum atomic E-state index is 13.1. The lowest BCUT2D eigenvalue weighted by Gasteiger charge is -2.52. The standard InChI is InChI=1S/C27H43N3O3S/c1-21(2)17-34(32,33)30-19-26(3,4)18-27(20-30)12-14-29(15-13-27)16-25(31)28-24-11-7-9-22-8-5-6-10-23(22)24/h7,9,11,21H,5-6,8,10,12-20H2,1-4H3,(H,28,31). The minimum Gasteiger partial charge on any atom is -0.325 e. The molecule has 1 aliphatic carbocycles. The number of nitrogens with zero attached hydrogens (tertiary/aromatic N) is 2. The third-order valence-corrected chi connectivity index (χ3v) is 9.99. The third kappa shape index (κ3) is 6.03. The van der Waals surface area contributed by atoms with Gasteiger partial charge in [-0.25, -0.2) is 12.7 Å². The monoisotopic (exact) mass is 489 g/mol. The van der Waals surface area contributed by atoms with E-state index in [1.807, 2.05) is 26.0 Å². The Hall–Kier alpha value is -1.44. The second-order valence-electron chi connectivity index (χ2n) is 12.3. The number of fused-ring (bicyclic) bond motifs is 1. The molecule has 1 aromatic rings. The maximum absolute atomic E-state index is 13.1. The molecule has 2 saturated heterocycles. The Balaban J connectivity index is 1.36. The van der Waals surface area contributed by atoms with E-state index < -0.39 is 10.0 Å². The fraction of sp³-hybridized carbons (Fsp3) is 0.741. The summed E-state index contributed by atoms with van der Waals surface area (Å²) < 4.78 is 27.9. The molecule has 2 aliphatic heterocycles. The van der Waals surface area contributed by atoms with E-state index in [1.54, 1.807) is 4.31 Å². The highest BCUT2D eigenvalue weighted by atomic mass is 32.2. The summed E-state index contributed by atoms with van der Waals surface area (Å²) in [7, 11) is -3.25. The molecule has 0 saturated carbocycles. The normalized spacial score (nSPS) is 23.1. The molecule has 0 atom stereocenters. The van der Waals surface area contributed by atoms with Crippen molar-refractivity contribution in [2.24, 2.45) is 16.7 Å². The van der Waals surface area contributed by atoms with E-state index in [0.29, 0.717) is 19.6 Å². The number of sulfonamides is 1. The number of anilines is 1. The smallest absolute Gasteiger partial charge is 0.238 e. The zero-order chi connectivity index (χ0) is 24.6. The van der Waals surface area contributed by atoms with Gasteiger partial charge in [-0.05, 0) is 92.0 Å². The predicted molar refractivity (Wildman–Crippen MR) is 138 cm³/mol. The number of amides is 1. The number of hydrogen-bond acceptors (Lipinski definition) is 4. The number of carbonyl (C=O) groups is 1. The summed E-state index contributed by atoms with van der Waals surface area (Å²) in [5.41, 5.74) is 3.65. The van der Waals surface area contributed by atoms with Crippen LogP contribution in [0, 0.1) is 16.7 Å². The lowest BCUT2D eigenvalue weighted by molar-refractivity contribution is -0.118. The van der Waals surface area contributed by atoms with Crippen molar-refractivity contribution < 1.29 is 13.2 Å². The molecule has 0 radical (unpaired) electrons. The molecule has 1 amide bonds. The molecule has 0 aromatic heterocycles. The first-order valence-electron chi connectivity index (χ1n) is 13.1. The summed E-state index contributed by atoms with van der Waals surface area (Å²) >= 11 is 0. The van der Waals surface area contributed by atoms with E-state index in [4.69, 9.17) is 0 Å². The van der Waals surface area contributed by atoms with Gasteiger partial charge in [0.25, 0.3) is 0 Å². The number of piperidine rings is 2. The van der Waals surface area contributed by atoms with Gasteiger partial charge in [0.1, 0.15) is 0 Å². The van der Waals surface area contributed by atoms with E-state index in [2.05, 4.69) is 30.1 Å². The summed E-state index contributed by atoms with van der Waals surface area (Å²) in [6.07, 6.45) is 7.50. The molecule has 1 N–H and O–H groups in total. The number of carbonyl (C=O) groups excluding carboxylic acids is 1. The molecule has 0 unspecified atom stereocenters. The van der Waals surface area contributed by atoms with Crippen LogP contribution in [0.5, 0.6) is 0 Å². The molecule has 6 nitrogen and oxygen atoms in total. The number of likely N-dealkylation sites (tertiary alicyclic amines) is 1. The summed E-state index contributed by atoms with van der Waals surface area (Å²) in [5.74, 6) is 0.399. The molecule has 7 heteroatoms. The molecular formula is C27H43N3O3S. The van der Waals surface area contributed by atoms with Gasteiger partial charge in [-0.2, -0.15) is 0 Å². The first-order chi connectivity index (χ1) is 16.0. The Bertz CT molecular complexity index is 994. The van der Waals surface area contributed by atoms with Crippen molar-refractivity contribution >= 4 is 21.6 Å². The molecule has 190 valence electrons. The Morgan fingerprint density at radius 1 is 1.09 bits per heavy atom. The van der Waals surface area contributed by atoms with Crippen LogP contribution in [0.1, 0.15) is 70.9 Å². The molecule has 4 rings (SSSR count). The van der Waals surface area contributed by atoms with Gasteiger partial charge < -0.3 is 5.32 Å². The number of aryl methyl sites for hydroxylation is 1. The van der Waals surface area contributed by atoms with Crippen LogP contribution in [-0.4, -0.2) is 62.0 Å². The van der Waals surface area contributed by atoms with Crippen LogP contribution in [0.15, 0.2) is 18.2 Å². The number of rotatable bonds is 6. The SMILES string of the molecule is CC(C)CS(=O)(=O)N1CC(C)(C)CC2(CCN(CC(=O)Nc3cccc4c3CCCC4)CC2)C1. The first-order valence-corrected chi connectivity index (χ1v) is 14.7. The van der Waals surface area contributed by atoms with Gasteiger partial charge in [-0.15, -0.1) is 0 Å². The van der Waals surface area contributed by atoms with Gasteiger partial charge >= 0.3 is 0 Å². The predicted octanol–water partition coefficient (Wildman–Crippen LogP) is 4.30. The molecule has 2 fully saturated rings. The first kappa shape index (κ1) is 25.6. The van der Waals surface area contributed by atoms with E-state index in [1.165, 1.54) is 24.0 Å². The molecule has 34 heavy (non-hydrogen) atoms. The van der Waals surface area contributed by atoms with Crippen LogP contribution in [0.3, 0.4) is 0 Å². The maximum Gasteiger partial charge on any atom is 0.238 e. The van der Waals surface area contributed by atoms with Crippen molar-refractivity contribution in [3.63, 3.8) is 0 Å². The van der Waals surface area contributed by atoms with Gasteiger partial charge in [0.15, 0.2) is 0 Å². The fourth-order valence-electron chi connectivity index (χ4n) is 6.57. The molecule has 2 heterocycles. The van der Waals surface area contributed by atoms with Crippen LogP contribution >= 0.6 is 0 Å². The number of nitrogens with one attached hydrogen (secondary N) is 1. The Kier molecular flexibility index (Phi) is 7.47.